The molecule has 0 spiro atoms. The summed E-state index contributed by atoms with van der Waals surface area (Å²) in [5.74, 6) is 0.160. The number of carbonyl (C=O) groups is 1. The zero-order valence-corrected chi connectivity index (χ0v) is 13.9. The Morgan fingerprint density at radius 3 is 2.41 bits per heavy atom. The maximum atomic E-state index is 12.8. The summed E-state index contributed by atoms with van der Waals surface area (Å²) in [7, 11) is 0. The van der Waals surface area contributed by atoms with Gasteiger partial charge in [0.15, 0.2) is 0 Å². The van der Waals surface area contributed by atoms with Crippen LogP contribution in [0.5, 0.6) is 0 Å². The predicted octanol–water partition coefficient (Wildman–Crippen LogP) is 2.32. The van der Waals surface area contributed by atoms with Crippen LogP contribution in [0.2, 0.25) is 0 Å². The molecule has 5 nitrogen and oxygen atoms in total. The molecule has 1 aromatic rings. The Morgan fingerprint density at radius 2 is 2.00 bits per heavy atom. The van der Waals surface area contributed by atoms with E-state index >= 15 is 0 Å². The summed E-state index contributed by atoms with van der Waals surface area (Å²) in [4.78, 5) is 12.3. The zero-order valence-electron chi connectivity index (χ0n) is 13.9. The van der Waals surface area contributed by atoms with E-state index in [1.54, 1.807) is 13.8 Å². The van der Waals surface area contributed by atoms with Crippen molar-refractivity contribution in [1.29, 1.82) is 0 Å². The summed E-state index contributed by atoms with van der Waals surface area (Å²) in [5, 5.41) is 6.72. The monoisotopic (exact) mass is 316 g/mol. The van der Waals surface area contributed by atoms with Crippen LogP contribution in [0, 0.1) is 19.8 Å². The highest BCUT2D eigenvalue weighted by Gasteiger charge is 2.27. The first-order chi connectivity index (χ1) is 10.1. The van der Waals surface area contributed by atoms with E-state index in [9.17, 15) is 13.6 Å². The number of carbonyl (C=O) groups excluding carboxylic acids is 1. The van der Waals surface area contributed by atoms with E-state index in [2.05, 4.69) is 24.3 Å². The molecule has 1 aromatic heterocycles. The van der Waals surface area contributed by atoms with E-state index in [-0.39, 0.29) is 12.3 Å². The molecule has 1 heterocycles. The SMILES string of the molecule is Cc1nn(C(F)F)c(C)c1CC(=O)N[C@](C)(CN)CC(C)C. The summed E-state index contributed by atoms with van der Waals surface area (Å²) >= 11 is 0. The number of amides is 1. The van der Waals surface area contributed by atoms with E-state index in [1.165, 1.54) is 0 Å². The fourth-order valence-electron chi connectivity index (χ4n) is 2.77. The average molecular weight is 316 g/mol. The highest BCUT2D eigenvalue weighted by molar-refractivity contribution is 5.79. The summed E-state index contributed by atoms with van der Waals surface area (Å²) < 4.78 is 26.3. The summed E-state index contributed by atoms with van der Waals surface area (Å²) in [5.41, 5.74) is 6.59. The molecule has 1 amide bonds. The van der Waals surface area contributed by atoms with Gasteiger partial charge in [-0.1, -0.05) is 13.8 Å². The van der Waals surface area contributed by atoms with Crippen LogP contribution < -0.4 is 11.1 Å². The molecular weight excluding hydrogens is 290 g/mol. The second-order valence-corrected chi connectivity index (χ2v) is 6.46. The van der Waals surface area contributed by atoms with Gasteiger partial charge < -0.3 is 11.1 Å². The molecule has 126 valence electrons. The van der Waals surface area contributed by atoms with Crippen molar-refractivity contribution in [2.24, 2.45) is 11.7 Å². The number of aryl methyl sites for hydroxylation is 1. The number of nitrogens with zero attached hydrogens (tertiary/aromatic N) is 2. The molecule has 0 saturated heterocycles. The number of nitrogens with one attached hydrogen (secondary N) is 1. The molecule has 0 saturated carbocycles. The average Bonchev–Trinajstić information content (AvgIpc) is 2.65. The Morgan fingerprint density at radius 1 is 1.41 bits per heavy atom. The van der Waals surface area contributed by atoms with Gasteiger partial charge in [0.2, 0.25) is 5.91 Å². The molecular formula is C15H26F2N4O. The summed E-state index contributed by atoms with van der Waals surface area (Å²) in [6.07, 6.45) is 0.779. The lowest BCUT2D eigenvalue weighted by Crippen LogP contribution is -2.52. The first kappa shape index (κ1) is 18.5. The first-order valence-corrected chi connectivity index (χ1v) is 7.43. The van der Waals surface area contributed by atoms with Crippen molar-refractivity contribution in [3.63, 3.8) is 0 Å². The van der Waals surface area contributed by atoms with Crippen molar-refractivity contribution in [2.45, 2.75) is 59.5 Å². The van der Waals surface area contributed by atoms with E-state index in [4.69, 9.17) is 5.73 Å². The number of nitrogens with two attached hydrogens (primary N) is 1. The van der Waals surface area contributed by atoms with Crippen molar-refractivity contribution in [1.82, 2.24) is 15.1 Å². The molecule has 1 atom stereocenters. The van der Waals surface area contributed by atoms with Crippen molar-refractivity contribution in [3.05, 3.63) is 17.0 Å². The van der Waals surface area contributed by atoms with Gasteiger partial charge >= 0.3 is 6.55 Å². The van der Waals surface area contributed by atoms with Gasteiger partial charge in [0.1, 0.15) is 0 Å². The number of aromatic nitrogens is 2. The van der Waals surface area contributed by atoms with Gasteiger partial charge in [-0.25, -0.2) is 4.68 Å². The van der Waals surface area contributed by atoms with E-state index in [0.717, 1.165) is 6.42 Å². The third kappa shape index (κ3) is 4.50. The van der Waals surface area contributed by atoms with E-state index < -0.39 is 12.1 Å². The maximum absolute atomic E-state index is 12.8. The Kier molecular flexibility index (Phi) is 6.05. The van der Waals surface area contributed by atoms with Crippen LogP contribution in [-0.4, -0.2) is 27.8 Å². The molecule has 0 radical (unpaired) electrons. The number of rotatable bonds is 7. The molecule has 0 aliphatic rings. The predicted molar refractivity (Wildman–Crippen MR) is 81.7 cm³/mol. The van der Waals surface area contributed by atoms with Gasteiger partial charge in [-0.3, -0.25) is 4.79 Å². The highest BCUT2D eigenvalue weighted by Crippen LogP contribution is 2.20. The summed E-state index contributed by atoms with van der Waals surface area (Å²) in [6, 6.07) is 0. The molecule has 3 N–H and O–H groups in total. The van der Waals surface area contributed by atoms with E-state index in [0.29, 0.717) is 34.1 Å². The number of halogens is 2. The third-order valence-corrected chi connectivity index (χ3v) is 3.75. The minimum Gasteiger partial charge on any atom is -0.349 e. The third-order valence-electron chi connectivity index (χ3n) is 3.75. The molecule has 1 rings (SSSR count). The van der Waals surface area contributed by atoms with Crippen LogP contribution in [0.4, 0.5) is 8.78 Å². The maximum Gasteiger partial charge on any atom is 0.333 e. The highest BCUT2D eigenvalue weighted by atomic mass is 19.3. The minimum atomic E-state index is -2.70. The molecule has 7 heteroatoms. The second kappa shape index (κ2) is 7.17. The number of alkyl halides is 2. The zero-order chi connectivity index (χ0) is 17.1. The van der Waals surface area contributed by atoms with E-state index in [1.807, 2.05) is 6.92 Å². The lowest BCUT2D eigenvalue weighted by molar-refractivity contribution is -0.122. The Balaban J connectivity index is 2.85. The minimum absolute atomic E-state index is 0.0259. The molecule has 0 fully saturated rings. The molecule has 0 aromatic carbocycles. The summed E-state index contributed by atoms with van der Waals surface area (Å²) in [6.45, 7) is 6.81. The van der Waals surface area contributed by atoms with Crippen molar-refractivity contribution >= 4 is 5.91 Å². The van der Waals surface area contributed by atoms with Gasteiger partial charge in [-0.05, 0) is 33.1 Å². The smallest absolute Gasteiger partial charge is 0.333 e. The van der Waals surface area contributed by atoms with Gasteiger partial charge in [0.25, 0.3) is 0 Å². The van der Waals surface area contributed by atoms with Crippen molar-refractivity contribution in [3.8, 4) is 0 Å². The van der Waals surface area contributed by atoms with Crippen LogP contribution in [0.15, 0.2) is 0 Å². The van der Waals surface area contributed by atoms with Crippen LogP contribution in [0.3, 0.4) is 0 Å². The molecule has 0 bridgehead atoms. The van der Waals surface area contributed by atoms with Crippen molar-refractivity contribution < 1.29 is 13.6 Å². The fourth-order valence-corrected chi connectivity index (χ4v) is 2.77. The number of hydrogen-bond donors (Lipinski definition) is 2. The Labute approximate surface area is 130 Å². The van der Waals surface area contributed by atoms with Gasteiger partial charge in [0.05, 0.1) is 12.1 Å². The van der Waals surface area contributed by atoms with Crippen molar-refractivity contribution in [2.75, 3.05) is 6.54 Å². The van der Waals surface area contributed by atoms with Gasteiger partial charge in [-0.2, -0.15) is 13.9 Å². The molecule has 0 unspecified atom stereocenters. The number of hydrogen-bond acceptors (Lipinski definition) is 3. The Bertz CT molecular complexity index is 528. The molecule has 0 aliphatic carbocycles. The van der Waals surface area contributed by atoms with Crippen LogP contribution in [-0.2, 0) is 11.2 Å². The molecule has 22 heavy (non-hydrogen) atoms. The Hall–Kier alpha value is -1.50. The topological polar surface area (TPSA) is 72.9 Å². The normalized spacial score (nSPS) is 14.5. The standard InChI is InChI=1S/C15H26F2N4O/c1-9(2)7-15(5,8-18)19-13(22)6-12-10(3)20-21(11(12)4)14(16)17/h9,14H,6-8,18H2,1-5H3,(H,19,22)/t15-/m0/s1. The molecule has 0 aliphatic heterocycles. The quantitative estimate of drug-likeness (QED) is 0.811. The van der Waals surface area contributed by atoms with Gasteiger partial charge in [0, 0.05) is 23.3 Å². The lowest BCUT2D eigenvalue weighted by atomic mass is 9.90. The fraction of sp³-hybridized carbons (Fsp3) is 0.733. The lowest BCUT2D eigenvalue weighted by Gasteiger charge is -2.31. The first-order valence-electron chi connectivity index (χ1n) is 7.43. The van der Waals surface area contributed by atoms with Crippen LogP contribution in [0.1, 0.15) is 50.7 Å². The van der Waals surface area contributed by atoms with Crippen LogP contribution in [0.25, 0.3) is 0 Å². The van der Waals surface area contributed by atoms with Crippen LogP contribution >= 0.6 is 0 Å². The van der Waals surface area contributed by atoms with Gasteiger partial charge in [-0.15, -0.1) is 0 Å². The largest absolute Gasteiger partial charge is 0.349 e. The second-order valence-electron chi connectivity index (χ2n) is 6.46.